The van der Waals surface area contributed by atoms with Crippen LogP contribution < -0.4 is 10.1 Å². The summed E-state index contributed by atoms with van der Waals surface area (Å²) in [5.41, 5.74) is 3.07. The number of oxazole rings is 1. The minimum absolute atomic E-state index is 0.472. The van der Waals surface area contributed by atoms with Crippen LogP contribution in [0.5, 0.6) is 5.75 Å². The van der Waals surface area contributed by atoms with Crippen LogP contribution in [0.15, 0.2) is 65.3 Å². The number of para-hydroxylation sites is 4. The summed E-state index contributed by atoms with van der Waals surface area (Å²) in [4.78, 5) is 13.1. The molecule has 0 saturated carbocycles. The van der Waals surface area contributed by atoms with Gasteiger partial charge in [-0.05, 0) is 24.3 Å². The van der Waals surface area contributed by atoms with E-state index in [-0.39, 0.29) is 0 Å². The Kier molecular flexibility index (Phi) is 3.55. The van der Waals surface area contributed by atoms with Gasteiger partial charge in [0.05, 0.1) is 18.4 Å². The topological polar surface area (TPSA) is 73.1 Å². The Bertz CT molecular complexity index is 947. The van der Waals surface area contributed by atoms with Crippen LogP contribution in [0.25, 0.3) is 22.6 Å². The molecular weight excluding hydrogens is 304 g/mol. The Morgan fingerprint density at radius 3 is 2.50 bits per heavy atom. The molecule has 0 aliphatic carbocycles. The summed E-state index contributed by atoms with van der Waals surface area (Å²) in [5, 5.41) is 3.13. The molecule has 0 bridgehead atoms. The monoisotopic (exact) mass is 318 g/mol. The van der Waals surface area contributed by atoms with E-state index in [9.17, 15) is 0 Å². The first-order valence-corrected chi connectivity index (χ1v) is 7.41. The van der Waals surface area contributed by atoms with Gasteiger partial charge in [0.1, 0.15) is 11.3 Å². The SMILES string of the molecule is COc1ccccc1Nc1ncc(-c2nc3ccccc3o2)cn1. The van der Waals surface area contributed by atoms with Gasteiger partial charge in [0.2, 0.25) is 11.8 Å². The van der Waals surface area contributed by atoms with E-state index in [0.717, 1.165) is 28.1 Å². The van der Waals surface area contributed by atoms with Crippen molar-refractivity contribution in [1.29, 1.82) is 0 Å². The minimum Gasteiger partial charge on any atom is -0.495 e. The number of rotatable bonds is 4. The molecule has 6 nitrogen and oxygen atoms in total. The van der Waals surface area contributed by atoms with Crippen molar-refractivity contribution < 1.29 is 9.15 Å². The van der Waals surface area contributed by atoms with Crippen molar-refractivity contribution >= 4 is 22.7 Å². The average Bonchev–Trinajstić information content (AvgIpc) is 3.07. The highest BCUT2D eigenvalue weighted by molar-refractivity contribution is 5.75. The Balaban J connectivity index is 1.60. The summed E-state index contributed by atoms with van der Waals surface area (Å²) in [6.45, 7) is 0. The van der Waals surface area contributed by atoms with Gasteiger partial charge in [-0.25, -0.2) is 15.0 Å². The minimum atomic E-state index is 0.472. The zero-order chi connectivity index (χ0) is 16.4. The fraction of sp³-hybridized carbons (Fsp3) is 0.0556. The van der Waals surface area contributed by atoms with Crippen LogP contribution in [0.3, 0.4) is 0 Å². The highest BCUT2D eigenvalue weighted by Crippen LogP contribution is 2.27. The number of nitrogens with zero attached hydrogens (tertiary/aromatic N) is 3. The molecule has 1 N–H and O–H groups in total. The molecule has 0 aliphatic rings. The fourth-order valence-electron chi connectivity index (χ4n) is 2.37. The lowest BCUT2D eigenvalue weighted by atomic mass is 10.3. The standard InChI is InChI=1S/C18H14N4O2/c1-23-15-8-4-2-6-13(15)22-18-19-10-12(11-20-18)17-21-14-7-3-5-9-16(14)24-17/h2-11H,1H3,(H,19,20,22). The van der Waals surface area contributed by atoms with Crippen molar-refractivity contribution in [3.63, 3.8) is 0 Å². The first-order chi connectivity index (χ1) is 11.8. The van der Waals surface area contributed by atoms with Gasteiger partial charge in [-0.15, -0.1) is 0 Å². The summed E-state index contributed by atoms with van der Waals surface area (Å²) >= 11 is 0. The van der Waals surface area contributed by atoms with Gasteiger partial charge in [-0.2, -0.15) is 0 Å². The summed E-state index contributed by atoms with van der Waals surface area (Å²) in [5.74, 6) is 1.70. The zero-order valence-electron chi connectivity index (χ0n) is 12.9. The largest absolute Gasteiger partial charge is 0.495 e. The van der Waals surface area contributed by atoms with Crippen LogP contribution in [0.4, 0.5) is 11.6 Å². The number of nitrogens with one attached hydrogen (secondary N) is 1. The molecule has 0 spiro atoms. The van der Waals surface area contributed by atoms with E-state index in [4.69, 9.17) is 9.15 Å². The lowest BCUT2D eigenvalue weighted by molar-refractivity contribution is 0.417. The molecule has 2 aromatic carbocycles. The van der Waals surface area contributed by atoms with Gasteiger partial charge in [-0.3, -0.25) is 0 Å². The number of ether oxygens (including phenoxy) is 1. The first kappa shape index (κ1) is 14.2. The molecule has 24 heavy (non-hydrogen) atoms. The van der Waals surface area contributed by atoms with Crippen LogP contribution in [0.2, 0.25) is 0 Å². The average molecular weight is 318 g/mol. The molecule has 0 aliphatic heterocycles. The Labute approximate surface area is 138 Å². The number of hydrogen-bond acceptors (Lipinski definition) is 6. The van der Waals surface area contributed by atoms with Gasteiger partial charge < -0.3 is 14.5 Å². The first-order valence-electron chi connectivity index (χ1n) is 7.41. The molecule has 0 fully saturated rings. The summed E-state index contributed by atoms with van der Waals surface area (Å²) in [7, 11) is 1.62. The maximum Gasteiger partial charge on any atom is 0.230 e. The van der Waals surface area contributed by atoms with Crippen LogP contribution in [0.1, 0.15) is 0 Å². The fourth-order valence-corrected chi connectivity index (χ4v) is 2.37. The number of anilines is 2. The molecule has 0 saturated heterocycles. The maximum atomic E-state index is 5.72. The van der Waals surface area contributed by atoms with Gasteiger partial charge in [-0.1, -0.05) is 24.3 Å². The number of hydrogen-bond donors (Lipinski definition) is 1. The van der Waals surface area contributed by atoms with Gasteiger partial charge in [0.15, 0.2) is 5.58 Å². The molecule has 4 rings (SSSR count). The van der Waals surface area contributed by atoms with E-state index >= 15 is 0 Å². The zero-order valence-corrected chi connectivity index (χ0v) is 12.9. The Hall–Kier alpha value is -3.41. The summed E-state index contributed by atoms with van der Waals surface area (Å²) in [6, 6.07) is 15.2. The number of methoxy groups -OCH3 is 1. The van der Waals surface area contributed by atoms with Crippen molar-refractivity contribution in [2.75, 3.05) is 12.4 Å². The van der Waals surface area contributed by atoms with Crippen molar-refractivity contribution in [1.82, 2.24) is 15.0 Å². The molecular formula is C18H14N4O2. The molecule has 2 aromatic heterocycles. The van der Waals surface area contributed by atoms with Crippen LogP contribution in [-0.4, -0.2) is 22.1 Å². The smallest absolute Gasteiger partial charge is 0.230 e. The van der Waals surface area contributed by atoms with Crippen molar-refractivity contribution in [3.05, 3.63) is 60.9 Å². The molecule has 6 heteroatoms. The van der Waals surface area contributed by atoms with Crippen LogP contribution in [0, 0.1) is 0 Å². The van der Waals surface area contributed by atoms with E-state index in [2.05, 4.69) is 20.3 Å². The third kappa shape index (κ3) is 2.65. The van der Waals surface area contributed by atoms with E-state index in [0.29, 0.717) is 11.8 Å². The van der Waals surface area contributed by atoms with Gasteiger partial charge in [0, 0.05) is 12.4 Å². The second-order valence-corrected chi connectivity index (χ2v) is 5.11. The lowest BCUT2D eigenvalue weighted by Gasteiger charge is -2.09. The van der Waals surface area contributed by atoms with E-state index in [1.807, 2.05) is 48.5 Å². The van der Waals surface area contributed by atoms with Crippen LogP contribution in [-0.2, 0) is 0 Å². The molecule has 0 radical (unpaired) electrons. The van der Waals surface area contributed by atoms with Gasteiger partial charge >= 0.3 is 0 Å². The third-order valence-corrected chi connectivity index (χ3v) is 3.55. The summed E-state index contributed by atoms with van der Waals surface area (Å²) in [6.07, 6.45) is 3.35. The molecule has 4 aromatic rings. The second kappa shape index (κ2) is 6.00. The van der Waals surface area contributed by atoms with Crippen molar-refractivity contribution in [2.24, 2.45) is 0 Å². The van der Waals surface area contributed by atoms with Crippen LogP contribution >= 0.6 is 0 Å². The number of fused-ring (bicyclic) bond motifs is 1. The van der Waals surface area contributed by atoms with E-state index in [1.165, 1.54) is 0 Å². The maximum absolute atomic E-state index is 5.72. The molecule has 2 heterocycles. The normalized spacial score (nSPS) is 10.7. The quantitative estimate of drug-likeness (QED) is 0.612. The number of benzene rings is 2. The van der Waals surface area contributed by atoms with E-state index in [1.54, 1.807) is 19.5 Å². The highest BCUT2D eigenvalue weighted by Gasteiger charge is 2.09. The Morgan fingerprint density at radius 2 is 1.71 bits per heavy atom. The Morgan fingerprint density at radius 1 is 0.958 bits per heavy atom. The van der Waals surface area contributed by atoms with Gasteiger partial charge in [0.25, 0.3) is 0 Å². The van der Waals surface area contributed by atoms with Crippen molar-refractivity contribution in [2.45, 2.75) is 0 Å². The molecule has 118 valence electrons. The molecule has 0 unspecified atom stereocenters. The highest BCUT2D eigenvalue weighted by atomic mass is 16.5. The summed E-state index contributed by atoms with van der Waals surface area (Å²) < 4.78 is 11.0. The predicted molar refractivity (Wildman–Crippen MR) is 91.3 cm³/mol. The lowest BCUT2D eigenvalue weighted by Crippen LogP contribution is -1.98. The number of aromatic nitrogens is 3. The van der Waals surface area contributed by atoms with Crippen molar-refractivity contribution in [3.8, 4) is 17.2 Å². The molecule has 0 amide bonds. The van der Waals surface area contributed by atoms with E-state index < -0.39 is 0 Å². The molecule has 0 atom stereocenters. The predicted octanol–water partition coefficient (Wildman–Crippen LogP) is 4.04. The third-order valence-electron chi connectivity index (χ3n) is 3.55. The second-order valence-electron chi connectivity index (χ2n) is 5.11.